The maximum absolute atomic E-state index is 11.9. The van der Waals surface area contributed by atoms with E-state index in [2.05, 4.69) is 32.8 Å². The molecule has 1 aromatic carbocycles. The molecule has 0 bridgehead atoms. The fourth-order valence-corrected chi connectivity index (χ4v) is 3.71. The molecule has 1 aliphatic rings. The van der Waals surface area contributed by atoms with Crippen molar-refractivity contribution in [1.29, 1.82) is 0 Å². The summed E-state index contributed by atoms with van der Waals surface area (Å²) in [7, 11) is -1.07. The zero-order valence-electron chi connectivity index (χ0n) is 11.3. The van der Waals surface area contributed by atoms with Crippen molar-refractivity contribution in [3.63, 3.8) is 0 Å². The molecule has 4 nitrogen and oxygen atoms in total. The zero-order chi connectivity index (χ0) is 14.0. The van der Waals surface area contributed by atoms with E-state index in [9.17, 15) is 8.42 Å². The average molecular weight is 347 g/mol. The van der Waals surface area contributed by atoms with Gasteiger partial charge in [0.2, 0.25) is 0 Å². The van der Waals surface area contributed by atoms with Gasteiger partial charge < -0.3 is 4.90 Å². The molecule has 0 unspecified atom stereocenters. The predicted octanol–water partition coefficient (Wildman–Crippen LogP) is 1.60. The molecule has 0 N–H and O–H groups in total. The summed E-state index contributed by atoms with van der Waals surface area (Å²) in [5.41, 5.74) is 0.884. The maximum Gasteiger partial charge on any atom is 0.175 e. The van der Waals surface area contributed by atoms with Gasteiger partial charge >= 0.3 is 0 Å². The first kappa shape index (κ1) is 15.0. The molecular formula is C13H19BrN2O2S. The zero-order valence-corrected chi connectivity index (χ0v) is 13.7. The van der Waals surface area contributed by atoms with Gasteiger partial charge in [0.1, 0.15) is 0 Å². The smallest absolute Gasteiger partial charge is 0.175 e. The summed E-state index contributed by atoms with van der Waals surface area (Å²) in [4.78, 5) is 5.02. The Morgan fingerprint density at radius 1 is 1.21 bits per heavy atom. The minimum atomic E-state index is -3.18. The van der Waals surface area contributed by atoms with Crippen LogP contribution in [0.2, 0.25) is 0 Å². The van der Waals surface area contributed by atoms with Crippen molar-refractivity contribution in [3.8, 4) is 0 Å². The van der Waals surface area contributed by atoms with Crippen LogP contribution in [0.15, 0.2) is 27.6 Å². The maximum atomic E-state index is 11.9. The number of nitrogens with zero attached hydrogens (tertiary/aromatic N) is 2. The second kappa shape index (κ2) is 5.91. The molecule has 0 atom stereocenters. The number of benzene rings is 1. The molecule has 106 valence electrons. The first-order valence-electron chi connectivity index (χ1n) is 6.25. The fourth-order valence-electron chi connectivity index (χ4n) is 2.25. The normalized spacial score (nSPS) is 18.7. The van der Waals surface area contributed by atoms with Crippen LogP contribution in [0.5, 0.6) is 0 Å². The van der Waals surface area contributed by atoms with Crippen LogP contribution in [-0.4, -0.2) is 57.7 Å². The summed E-state index contributed by atoms with van der Waals surface area (Å²) >= 11 is 3.34. The third-order valence-electron chi connectivity index (χ3n) is 3.42. The van der Waals surface area contributed by atoms with E-state index in [1.54, 1.807) is 6.07 Å². The van der Waals surface area contributed by atoms with Gasteiger partial charge in [-0.3, -0.25) is 4.90 Å². The highest BCUT2D eigenvalue weighted by atomic mass is 79.9. The number of sulfone groups is 1. The van der Waals surface area contributed by atoms with E-state index in [1.165, 1.54) is 6.26 Å². The van der Waals surface area contributed by atoms with Gasteiger partial charge in [-0.1, -0.05) is 22.0 Å². The molecule has 1 aromatic rings. The van der Waals surface area contributed by atoms with Crippen molar-refractivity contribution < 1.29 is 8.42 Å². The van der Waals surface area contributed by atoms with Crippen LogP contribution in [0.4, 0.5) is 0 Å². The lowest BCUT2D eigenvalue weighted by atomic mass is 10.2. The number of rotatable bonds is 3. The minimum Gasteiger partial charge on any atom is -0.304 e. The van der Waals surface area contributed by atoms with E-state index >= 15 is 0 Å². The Bertz CT molecular complexity index is 552. The lowest BCUT2D eigenvalue weighted by Crippen LogP contribution is -2.44. The summed E-state index contributed by atoms with van der Waals surface area (Å²) < 4.78 is 24.5. The van der Waals surface area contributed by atoms with Crippen LogP contribution < -0.4 is 0 Å². The number of likely N-dealkylation sites (N-methyl/N-ethyl adjacent to an activating group) is 1. The van der Waals surface area contributed by atoms with E-state index in [4.69, 9.17) is 0 Å². The third-order valence-corrected chi connectivity index (χ3v) is 5.09. The molecule has 1 aliphatic heterocycles. The topological polar surface area (TPSA) is 40.6 Å². The quantitative estimate of drug-likeness (QED) is 0.833. The Morgan fingerprint density at radius 2 is 1.84 bits per heavy atom. The van der Waals surface area contributed by atoms with Crippen molar-refractivity contribution in [2.75, 3.05) is 39.5 Å². The largest absolute Gasteiger partial charge is 0.304 e. The van der Waals surface area contributed by atoms with Gasteiger partial charge in [0.15, 0.2) is 9.84 Å². The molecule has 0 amide bonds. The second-order valence-electron chi connectivity index (χ2n) is 5.10. The molecule has 1 saturated heterocycles. The van der Waals surface area contributed by atoms with Gasteiger partial charge in [-0.25, -0.2) is 8.42 Å². The molecule has 1 heterocycles. The van der Waals surface area contributed by atoms with Crippen molar-refractivity contribution in [2.45, 2.75) is 11.4 Å². The van der Waals surface area contributed by atoms with Crippen molar-refractivity contribution in [2.24, 2.45) is 0 Å². The first-order chi connectivity index (χ1) is 8.86. The van der Waals surface area contributed by atoms with Crippen molar-refractivity contribution in [1.82, 2.24) is 9.80 Å². The fraction of sp³-hybridized carbons (Fsp3) is 0.538. The second-order valence-corrected chi connectivity index (χ2v) is 8.00. The SMILES string of the molecule is CN1CCN(Cc2ccc(Br)cc2S(C)(=O)=O)CC1. The number of hydrogen-bond donors (Lipinski definition) is 0. The number of piperazine rings is 1. The Labute approximate surface area is 123 Å². The molecule has 1 fully saturated rings. The van der Waals surface area contributed by atoms with Crippen LogP contribution in [0.25, 0.3) is 0 Å². The van der Waals surface area contributed by atoms with Crippen LogP contribution in [-0.2, 0) is 16.4 Å². The van der Waals surface area contributed by atoms with Crippen LogP contribution in [0.1, 0.15) is 5.56 Å². The molecule has 6 heteroatoms. The molecule has 0 aromatic heterocycles. The molecule has 0 radical (unpaired) electrons. The lowest BCUT2D eigenvalue weighted by Gasteiger charge is -2.32. The Kier molecular flexibility index (Phi) is 4.66. The molecule has 19 heavy (non-hydrogen) atoms. The molecule has 0 aliphatic carbocycles. The molecule has 2 rings (SSSR count). The van der Waals surface area contributed by atoms with E-state index in [-0.39, 0.29) is 0 Å². The van der Waals surface area contributed by atoms with Gasteiger partial charge in [0.05, 0.1) is 4.90 Å². The Morgan fingerprint density at radius 3 is 2.42 bits per heavy atom. The van der Waals surface area contributed by atoms with Gasteiger partial charge in [0, 0.05) is 43.5 Å². The molecule has 0 spiro atoms. The summed E-state index contributed by atoms with van der Waals surface area (Å²) in [6.45, 7) is 4.73. The highest BCUT2D eigenvalue weighted by molar-refractivity contribution is 9.10. The third kappa shape index (κ3) is 4.02. The van der Waals surface area contributed by atoms with Crippen molar-refractivity contribution >= 4 is 25.8 Å². The van der Waals surface area contributed by atoms with Crippen LogP contribution in [0, 0.1) is 0 Å². The molecular weight excluding hydrogens is 328 g/mol. The highest BCUT2D eigenvalue weighted by Gasteiger charge is 2.18. The first-order valence-corrected chi connectivity index (χ1v) is 8.94. The lowest BCUT2D eigenvalue weighted by molar-refractivity contribution is 0.147. The van der Waals surface area contributed by atoms with Gasteiger partial charge in [0.25, 0.3) is 0 Å². The molecule has 0 saturated carbocycles. The average Bonchev–Trinajstić information content (AvgIpc) is 2.33. The van der Waals surface area contributed by atoms with E-state index in [0.29, 0.717) is 11.4 Å². The minimum absolute atomic E-state index is 0.431. The Hall–Kier alpha value is -0.430. The van der Waals surface area contributed by atoms with Gasteiger partial charge in [-0.05, 0) is 24.7 Å². The van der Waals surface area contributed by atoms with Crippen LogP contribution in [0.3, 0.4) is 0 Å². The van der Waals surface area contributed by atoms with Gasteiger partial charge in [-0.15, -0.1) is 0 Å². The van der Waals surface area contributed by atoms with E-state index in [1.807, 2.05) is 12.1 Å². The predicted molar refractivity (Wildman–Crippen MR) is 80.0 cm³/mol. The van der Waals surface area contributed by atoms with E-state index < -0.39 is 9.84 Å². The Balaban J connectivity index is 2.21. The summed E-state index contributed by atoms with van der Waals surface area (Å²) in [6.07, 6.45) is 1.27. The summed E-state index contributed by atoms with van der Waals surface area (Å²) in [5.74, 6) is 0. The standard InChI is InChI=1S/C13H19BrN2O2S/c1-15-5-7-16(8-6-15)10-11-3-4-12(14)9-13(11)19(2,17)18/h3-4,9H,5-8,10H2,1-2H3. The van der Waals surface area contributed by atoms with E-state index in [0.717, 1.165) is 36.2 Å². The summed E-state index contributed by atoms with van der Waals surface area (Å²) in [5, 5.41) is 0. The highest BCUT2D eigenvalue weighted by Crippen LogP contribution is 2.23. The summed E-state index contributed by atoms with van der Waals surface area (Å²) in [6, 6.07) is 5.50. The monoisotopic (exact) mass is 346 g/mol. The number of hydrogen-bond acceptors (Lipinski definition) is 4. The van der Waals surface area contributed by atoms with Crippen molar-refractivity contribution in [3.05, 3.63) is 28.2 Å². The van der Waals surface area contributed by atoms with Crippen LogP contribution >= 0.6 is 15.9 Å². The number of halogens is 1. The van der Waals surface area contributed by atoms with Gasteiger partial charge in [-0.2, -0.15) is 0 Å².